The van der Waals surface area contributed by atoms with E-state index >= 15 is 0 Å². The number of aromatic nitrogens is 1. The normalized spacial score (nSPS) is 12.6. The van der Waals surface area contributed by atoms with Crippen LogP contribution in [0, 0.1) is 0 Å². The molecule has 17 heavy (non-hydrogen) atoms. The first-order valence-corrected chi connectivity index (χ1v) is 6.91. The summed E-state index contributed by atoms with van der Waals surface area (Å²) in [5.74, 6) is 0. The molecular formula is C14H18N2S. The van der Waals surface area contributed by atoms with E-state index in [1.807, 2.05) is 13.2 Å². The second kappa shape index (κ2) is 5.94. The Morgan fingerprint density at radius 1 is 1.35 bits per heavy atom. The molecule has 2 rings (SSSR count). The lowest BCUT2D eigenvalue weighted by atomic mass is 10.0. The molecule has 0 saturated carbocycles. The van der Waals surface area contributed by atoms with Crippen molar-refractivity contribution >= 4 is 11.3 Å². The van der Waals surface area contributed by atoms with Crippen molar-refractivity contribution in [2.24, 2.45) is 0 Å². The van der Waals surface area contributed by atoms with E-state index in [9.17, 15) is 0 Å². The zero-order valence-electron chi connectivity index (χ0n) is 10.3. The third-order valence-electron chi connectivity index (χ3n) is 3.00. The lowest BCUT2D eigenvalue weighted by Crippen LogP contribution is -2.18. The van der Waals surface area contributed by atoms with Gasteiger partial charge in [-0.15, -0.1) is 0 Å². The maximum absolute atomic E-state index is 4.51. The summed E-state index contributed by atoms with van der Waals surface area (Å²) in [4.78, 5) is 4.51. The molecule has 1 N–H and O–H groups in total. The van der Waals surface area contributed by atoms with Gasteiger partial charge in [0.05, 0.1) is 0 Å². The second-order valence-corrected chi connectivity index (χ2v) is 4.89. The molecule has 2 aromatic heterocycles. The molecule has 2 heterocycles. The summed E-state index contributed by atoms with van der Waals surface area (Å²) >= 11 is 1.74. The van der Waals surface area contributed by atoms with E-state index in [-0.39, 0.29) is 0 Å². The van der Waals surface area contributed by atoms with E-state index in [0.29, 0.717) is 6.04 Å². The predicted molar refractivity (Wildman–Crippen MR) is 73.4 cm³/mol. The lowest BCUT2D eigenvalue weighted by Gasteiger charge is -2.14. The molecule has 0 bridgehead atoms. The molecule has 2 nitrogen and oxygen atoms in total. The number of hydrogen-bond donors (Lipinski definition) is 1. The first kappa shape index (κ1) is 12.3. The van der Waals surface area contributed by atoms with Gasteiger partial charge in [-0.25, -0.2) is 0 Å². The van der Waals surface area contributed by atoms with Crippen molar-refractivity contribution in [1.82, 2.24) is 10.3 Å². The highest BCUT2D eigenvalue weighted by Crippen LogP contribution is 2.19. The monoisotopic (exact) mass is 246 g/mol. The quantitative estimate of drug-likeness (QED) is 0.876. The fourth-order valence-corrected chi connectivity index (χ4v) is 2.57. The Morgan fingerprint density at radius 2 is 2.24 bits per heavy atom. The Balaban J connectivity index is 2.07. The molecule has 1 unspecified atom stereocenters. The van der Waals surface area contributed by atoms with Gasteiger partial charge in [-0.1, -0.05) is 13.0 Å². The van der Waals surface area contributed by atoms with Crippen molar-refractivity contribution in [1.29, 1.82) is 0 Å². The number of aryl methyl sites for hydroxylation is 1. The van der Waals surface area contributed by atoms with Gasteiger partial charge in [0.1, 0.15) is 0 Å². The van der Waals surface area contributed by atoms with Gasteiger partial charge in [0.15, 0.2) is 0 Å². The molecule has 0 spiro atoms. The van der Waals surface area contributed by atoms with Crippen LogP contribution >= 0.6 is 11.3 Å². The largest absolute Gasteiger partial charge is 0.313 e. The van der Waals surface area contributed by atoms with E-state index in [0.717, 1.165) is 18.5 Å². The number of hydrogen-bond acceptors (Lipinski definition) is 3. The third-order valence-corrected chi connectivity index (χ3v) is 3.70. The number of likely N-dealkylation sites (N-methyl/N-ethyl adjacent to an activating group) is 1. The number of pyridine rings is 1. The van der Waals surface area contributed by atoms with Crippen molar-refractivity contribution in [3.63, 3.8) is 0 Å². The van der Waals surface area contributed by atoms with Crippen molar-refractivity contribution in [3.05, 3.63) is 52.0 Å². The molecule has 0 radical (unpaired) electrons. The van der Waals surface area contributed by atoms with Crippen LogP contribution in [0.5, 0.6) is 0 Å². The topological polar surface area (TPSA) is 24.9 Å². The molecule has 1 atom stereocenters. The predicted octanol–water partition coefficient (Wildman–Crippen LogP) is 3.21. The van der Waals surface area contributed by atoms with Crippen molar-refractivity contribution < 1.29 is 0 Å². The zero-order valence-corrected chi connectivity index (χ0v) is 11.1. The van der Waals surface area contributed by atoms with Gasteiger partial charge in [0.25, 0.3) is 0 Å². The highest BCUT2D eigenvalue weighted by atomic mass is 32.1. The average molecular weight is 246 g/mol. The summed E-state index contributed by atoms with van der Waals surface area (Å²) in [6.45, 7) is 2.15. The van der Waals surface area contributed by atoms with Gasteiger partial charge in [0.2, 0.25) is 0 Å². The molecule has 0 aliphatic heterocycles. The minimum Gasteiger partial charge on any atom is -0.313 e. The van der Waals surface area contributed by atoms with Crippen LogP contribution < -0.4 is 5.32 Å². The SMILES string of the molecule is CCc1ccc(CC(NC)c2ccsc2)nc1. The molecule has 0 amide bonds. The highest BCUT2D eigenvalue weighted by Gasteiger charge is 2.10. The number of thiophene rings is 1. The van der Waals surface area contributed by atoms with Crippen LogP contribution in [0.1, 0.15) is 29.8 Å². The summed E-state index contributed by atoms with van der Waals surface area (Å²) in [5, 5.41) is 7.66. The van der Waals surface area contributed by atoms with E-state index in [1.165, 1.54) is 11.1 Å². The fourth-order valence-electron chi connectivity index (χ4n) is 1.85. The van der Waals surface area contributed by atoms with Crippen LogP contribution in [0.3, 0.4) is 0 Å². The first-order chi connectivity index (χ1) is 8.33. The molecule has 0 aliphatic carbocycles. The van der Waals surface area contributed by atoms with Crippen molar-refractivity contribution in [2.75, 3.05) is 7.05 Å². The van der Waals surface area contributed by atoms with Crippen LogP contribution in [0.4, 0.5) is 0 Å². The zero-order chi connectivity index (χ0) is 12.1. The Morgan fingerprint density at radius 3 is 2.76 bits per heavy atom. The van der Waals surface area contributed by atoms with E-state index < -0.39 is 0 Å². The van der Waals surface area contributed by atoms with E-state index in [4.69, 9.17) is 0 Å². The van der Waals surface area contributed by atoms with E-state index in [1.54, 1.807) is 11.3 Å². The summed E-state index contributed by atoms with van der Waals surface area (Å²) in [5.41, 5.74) is 3.79. The maximum Gasteiger partial charge on any atom is 0.0422 e. The van der Waals surface area contributed by atoms with Crippen LogP contribution in [-0.4, -0.2) is 12.0 Å². The molecule has 3 heteroatoms. The Kier molecular flexibility index (Phi) is 4.29. The van der Waals surface area contributed by atoms with Crippen molar-refractivity contribution in [3.8, 4) is 0 Å². The Hall–Kier alpha value is -1.19. The first-order valence-electron chi connectivity index (χ1n) is 5.96. The molecular weight excluding hydrogens is 228 g/mol. The minimum atomic E-state index is 0.362. The Labute approximate surface area is 107 Å². The molecule has 0 aromatic carbocycles. The van der Waals surface area contributed by atoms with Gasteiger partial charge in [-0.05, 0) is 47.5 Å². The number of nitrogens with zero attached hydrogens (tertiary/aromatic N) is 1. The lowest BCUT2D eigenvalue weighted by molar-refractivity contribution is 0.586. The molecule has 2 aromatic rings. The smallest absolute Gasteiger partial charge is 0.0422 e. The van der Waals surface area contributed by atoms with Gasteiger partial charge in [-0.3, -0.25) is 4.98 Å². The average Bonchev–Trinajstić information content (AvgIpc) is 2.90. The van der Waals surface area contributed by atoms with Crippen LogP contribution in [-0.2, 0) is 12.8 Å². The Bertz CT molecular complexity index is 434. The van der Waals surface area contributed by atoms with E-state index in [2.05, 4.69) is 46.2 Å². The second-order valence-electron chi connectivity index (χ2n) is 4.11. The van der Waals surface area contributed by atoms with Gasteiger partial charge in [0, 0.05) is 24.4 Å². The van der Waals surface area contributed by atoms with Crippen LogP contribution in [0.25, 0.3) is 0 Å². The van der Waals surface area contributed by atoms with Gasteiger partial charge < -0.3 is 5.32 Å². The molecule has 90 valence electrons. The fraction of sp³-hybridized carbons (Fsp3) is 0.357. The van der Waals surface area contributed by atoms with Gasteiger partial charge in [-0.2, -0.15) is 11.3 Å². The van der Waals surface area contributed by atoms with Crippen LogP contribution in [0.2, 0.25) is 0 Å². The molecule has 0 fully saturated rings. The maximum atomic E-state index is 4.51. The minimum absolute atomic E-state index is 0.362. The summed E-state index contributed by atoms with van der Waals surface area (Å²) in [6, 6.07) is 6.84. The highest BCUT2D eigenvalue weighted by molar-refractivity contribution is 7.07. The van der Waals surface area contributed by atoms with Crippen LogP contribution in [0.15, 0.2) is 35.2 Å². The molecule has 0 aliphatic rings. The summed E-state index contributed by atoms with van der Waals surface area (Å²) < 4.78 is 0. The number of rotatable bonds is 5. The van der Waals surface area contributed by atoms with Gasteiger partial charge >= 0.3 is 0 Å². The van der Waals surface area contributed by atoms with Crippen molar-refractivity contribution in [2.45, 2.75) is 25.8 Å². The molecule has 0 saturated heterocycles. The standard InChI is InChI=1S/C14H18N2S/c1-3-11-4-5-13(16-9-11)8-14(15-2)12-6-7-17-10-12/h4-7,9-10,14-15H,3,8H2,1-2H3. The number of nitrogens with one attached hydrogen (secondary N) is 1. The summed E-state index contributed by atoms with van der Waals surface area (Å²) in [6.07, 6.45) is 3.97. The third kappa shape index (κ3) is 3.14. The summed E-state index contributed by atoms with van der Waals surface area (Å²) in [7, 11) is 2.00.